The molecule has 9 heteroatoms. The summed E-state index contributed by atoms with van der Waals surface area (Å²) < 4.78 is 0. The fraction of sp³-hybridized carbons (Fsp3) is 0.333. The van der Waals surface area contributed by atoms with Crippen molar-refractivity contribution >= 4 is 29.2 Å². The van der Waals surface area contributed by atoms with Gasteiger partial charge >= 0.3 is 0 Å². The summed E-state index contributed by atoms with van der Waals surface area (Å²) in [5, 5.41) is 12.8. The van der Waals surface area contributed by atoms with Gasteiger partial charge in [-0.1, -0.05) is 42.0 Å². The lowest BCUT2D eigenvalue weighted by molar-refractivity contribution is -0.384. The molecule has 1 aliphatic heterocycles. The van der Waals surface area contributed by atoms with Crippen LogP contribution >= 0.6 is 0 Å². The second-order valence-corrected chi connectivity index (χ2v) is 10.1. The number of allylic oxidation sites excluding steroid dienone is 2. The Bertz CT molecular complexity index is 1310. The van der Waals surface area contributed by atoms with Gasteiger partial charge < -0.3 is 0 Å². The van der Waals surface area contributed by atoms with E-state index >= 15 is 0 Å². The number of nitrogens with zero attached hydrogens (tertiary/aromatic N) is 3. The van der Waals surface area contributed by atoms with E-state index in [1.165, 1.54) is 24.3 Å². The van der Waals surface area contributed by atoms with Gasteiger partial charge in [-0.2, -0.15) is 5.01 Å². The Morgan fingerprint density at radius 1 is 0.917 bits per heavy atom. The first-order valence-electron chi connectivity index (χ1n) is 12.0. The third-order valence-corrected chi connectivity index (χ3v) is 8.11. The molecule has 5 aliphatic rings. The lowest BCUT2D eigenvalue weighted by Gasteiger charge is -2.37. The van der Waals surface area contributed by atoms with Gasteiger partial charge in [-0.25, -0.2) is 5.01 Å². The van der Waals surface area contributed by atoms with Gasteiger partial charge in [-0.05, 0) is 49.1 Å². The lowest BCUT2D eigenvalue weighted by atomic mass is 9.63. The highest BCUT2D eigenvalue weighted by molar-refractivity contribution is 6.10. The van der Waals surface area contributed by atoms with E-state index in [4.69, 9.17) is 0 Å². The molecule has 2 bridgehead atoms. The molecule has 2 aromatic rings. The van der Waals surface area contributed by atoms with Crippen LogP contribution in [0.15, 0.2) is 60.7 Å². The number of imide groups is 1. The molecule has 2 aromatic carbocycles. The average Bonchev–Trinajstić information content (AvgIpc) is 3.66. The summed E-state index contributed by atoms with van der Waals surface area (Å²) in [6.45, 7) is 1.38. The van der Waals surface area contributed by atoms with Crippen LogP contribution in [0, 0.1) is 52.5 Å². The van der Waals surface area contributed by atoms with E-state index in [1.54, 1.807) is 24.3 Å². The van der Waals surface area contributed by atoms with Crippen LogP contribution in [-0.4, -0.2) is 45.0 Å². The number of non-ortho nitro benzene ring substituents is 1. The third kappa shape index (κ3) is 3.30. The van der Waals surface area contributed by atoms with Gasteiger partial charge in [0.05, 0.1) is 16.8 Å². The van der Waals surface area contributed by atoms with Crippen molar-refractivity contribution in [2.75, 3.05) is 6.54 Å². The van der Waals surface area contributed by atoms with E-state index < -0.39 is 46.8 Å². The van der Waals surface area contributed by atoms with E-state index in [9.17, 15) is 29.3 Å². The molecule has 0 N–H and O–H groups in total. The molecule has 0 spiro atoms. The second-order valence-electron chi connectivity index (χ2n) is 10.1. The molecule has 7 rings (SSSR count). The Hall–Kier alpha value is -4.14. The molecule has 6 atom stereocenters. The van der Waals surface area contributed by atoms with Crippen molar-refractivity contribution in [2.24, 2.45) is 35.5 Å². The Balaban J connectivity index is 1.35. The Morgan fingerprint density at radius 3 is 1.97 bits per heavy atom. The Kier molecular flexibility index (Phi) is 4.93. The number of carbonyl (C=O) groups excluding carboxylic acids is 4. The molecule has 0 radical (unpaired) electrons. The summed E-state index contributed by atoms with van der Waals surface area (Å²) >= 11 is 0. The van der Waals surface area contributed by atoms with Gasteiger partial charge in [0.15, 0.2) is 5.78 Å². The zero-order valence-corrected chi connectivity index (χ0v) is 19.4. The van der Waals surface area contributed by atoms with Gasteiger partial charge in [0.1, 0.15) is 6.54 Å². The SMILES string of the molecule is Cc1ccc(C(=O)CN(C(=O)c2ccc([N+](=O)[O-])cc2)N2C(=O)[C@@H]3[C@H]4C=C[C@@H]([C@@H]5C[C@H]45)[C@H]3C2=O)cc1. The number of carbonyl (C=O) groups is 4. The van der Waals surface area contributed by atoms with Crippen LogP contribution in [0.1, 0.15) is 32.7 Å². The lowest BCUT2D eigenvalue weighted by Crippen LogP contribution is -2.52. The fourth-order valence-corrected chi connectivity index (χ4v) is 6.25. The number of rotatable bonds is 6. The Morgan fingerprint density at radius 2 is 1.44 bits per heavy atom. The second kappa shape index (κ2) is 7.94. The minimum absolute atomic E-state index is 0.0319. The highest BCUT2D eigenvalue weighted by atomic mass is 16.6. The molecule has 1 heterocycles. The van der Waals surface area contributed by atoms with E-state index in [1.807, 2.05) is 19.1 Å². The molecular weight excluding hydrogens is 462 g/mol. The average molecular weight is 485 g/mol. The fourth-order valence-electron chi connectivity index (χ4n) is 6.25. The molecule has 0 unspecified atom stereocenters. The third-order valence-electron chi connectivity index (χ3n) is 8.11. The maximum atomic E-state index is 13.7. The first kappa shape index (κ1) is 22.3. The number of nitro benzene ring substituents is 1. The molecule has 4 aliphatic carbocycles. The highest BCUT2D eigenvalue weighted by Crippen LogP contribution is 2.65. The van der Waals surface area contributed by atoms with Crippen LogP contribution in [0.2, 0.25) is 0 Å². The standard InChI is InChI=1S/C27H23N3O6/c1-14-2-4-15(5-3-14)22(31)13-28(25(32)16-6-8-17(9-7-16)30(35)36)29-26(33)23-18-10-11-19(21-12-20(18)21)24(23)27(29)34/h2-11,18-21,23-24H,12-13H2,1H3/t18-,19-,20-,21+,23+,24+/m0/s1. The van der Waals surface area contributed by atoms with Crippen molar-refractivity contribution in [1.29, 1.82) is 0 Å². The highest BCUT2D eigenvalue weighted by Gasteiger charge is 2.68. The van der Waals surface area contributed by atoms with E-state index in [-0.39, 0.29) is 23.1 Å². The number of hydrogen-bond acceptors (Lipinski definition) is 6. The monoisotopic (exact) mass is 485 g/mol. The topological polar surface area (TPSA) is 118 Å². The molecular formula is C27H23N3O6. The quantitative estimate of drug-likeness (QED) is 0.204. The smallest absolute Gasteiger partial charge is 0.273 e. The van der Waals surface area contributed by atoms with Crippen molar-refractivity contribution < 1.29 is 24.1 Å². The van der Waals surface area contributed by atoms with Crippen LogP contribution in [0.4, 0.5) is 5.69 Å². The summed E-state index contributed by atoms with van der Waals surface area (Å²) in [6, 6.07) is 11.7. The number of Topliss-reactive ketones (excluding diaryl/α,β-unsaturated/α-hetero) is 1. The summed E-state index contributed by atoms with van der Waals surface area (Å²) in [6.07, 6.45) is 5.08. The molecule has 36 heavy (non-hydrogen) atoms. The van der Waals surface area contributed by atoms with Gasteiger partial charge in [-0.15, -0.1) is 0 Å². The van der Waals surface area contributed by atoms with Crippen molar-refractivity contribution in [3.63, 3.8) is 0 Å². The Labute approximate surface area is 206 Å². The van der Waals surface area contributed by atoms with Gasteiger partial charge in [0.25, 0.3) is 23.4 Å². The molecule has 0 aromatic heterocycles. The van der Waals surface area contributed by atoms with E-state index in [0.717, 1.165) is 22.0 Å². The molecule has 1 saturated heterocycles. The van der Waals surface area contributed by atoms with Gasteiger partial charge in [0, 0.05) is 23.3 Å². The number of amides is 3. The van der Waals surface area contributed by atoms with Gasteiger partial charge in [-0.3, -0.25) is 29.3 Å². The number of nitro groups is 1. The number of hydrogen-bond donors (Lipinski definition) is 0. The van der Waals surface area contributed by atoms with Crippen molar-refractivity contribution in [1.82, 2.24) is 10.0 Å². The minimum atomic E-state index is -0.740. The van der Waals surface area contributed by atoms with Crippen LogP contribution in [0.25, 0.3) is 0 Å². The van der Waals surface area contributed by atoms with Crippen LogP contribution in [0.5, 0.6) is 0 Å². The molecule has 3 fully saturated rings. The predicted molar refractivity (Wildman–Crippen MR) is 126 cm³/mol. The molecule has 3 amide bonds. The van der Waals surface area contributed by atoms with E-state index in [2.05, 4.69) is 0 Å². The summed E-state index contributed by atoms with van der Waals surface area (Å²) in [7, 11) is 0. The zero-order chi connectivity index (χ0) is 25.3. The zero-order valence-electron chi connectivity index (χ0n) is 19.4. The summed E-state index contributed by atoms with van der Waals surface area (Å²) in [5.41, 5.74) is 1.15. The van der Waals surface area contributed by atoms with Crippen molar-refractivity contribution in [3.05, 3.63) is 87.5 Å². The maximum absolute atomic E-state index is 13.7. The number of ketones is 1. The number of hydrazine groups is 1. The largest absolute Gasteiger partial charge is 0.292 e. The molecule has 2 saturated carbocycles. The van der Waals surface area contributed by atoms with Crippen LogP contribution < -0.4 is 0 Å². The predicted octanol–water partition coefficient (Wildman–Crippen LogP) is 3.20. The normalized spacial score (nSPS) is 29.1. The maximum Gasteiger partial charge on any atom is 0.273 e. The van der Waals surface area contributed by atoms with Crippen LogP contribution in [-0.2, 0) is 9.59 Å². The van der Waals surface area contributed by atoms with E-state index in [0.29, 0.717) is 17.4 Å². The van der Waals surface area contributed by atoms with Gasteiger partial charge in [0.2, 0.25) is 0 Å². The van der Waals surface area contributed by atoms with Crippen LogP contribution in [0.3, 0.4) is 0 Å². The van der Waals surface area contributed by atoms with Crippen molar-refractivity contribution in [2.45, 2.75) is 13.3 Å². The van der Waals surface area contributed by atoms with Crippen molar-refractivity contribution in [3.8, 4) is 0 Å². The molecule has 9 nitrogen and oxygen atoms in total. The number of benzene rings is 2. The summed E-state index contributed by atoms with van der Waals surface area (Å²) in [5.74, 6) is -2.41. The first-order valence-corrected chi connectivity index (χ1v) is 12.0. The molecule has 182 valence electrons. The first-order chi connectivity index (χ1) is 17.3. The summed E-state index contributed by atoms with van der Waals surface area (Å²) in [4.78, 5) is 64.6. The minimum Gasteiger partial charge on any atom is -0.292 e. The number of aryl methyl sites for hydroxylation is 1.